The Balaban J connectivity index is 2.68. The summed E-state index contributed by atoms with van der Waals surface area (Å²) in [7, 11) is 0. The van der Waals surface area contributed by atoms with Crippen LogP contribution in [0.4, 0.5) is 0 Å². The van der Waals surface area contributed by atoms with Crippen molar-refractivity contribution in [3.05, 3.63) is 24.3 Å². The zero-order valence-electron chi connectivity index (χ0n) is 9.47. The molecule has 4 heteroatoms. The summed E-state index contributed by atoms with van der Waals surface area (Å²) in [6.07, 6.45) is -0.403. The molecule has 88 valence electrons. The lowest BCUT2D eigenvalue weighted by molar-refractivity contribution is -0.138. The van der Waals surface area contributed by atoms with Crippen LogP contribution in [-0.2, 0) is 4.79 Å². The minimum atomic E-state index is -0.874. The largest absolute Gasteiger partial charge is 0.490 e. The number of aliphatic carboxylic acids is 1. The van der Waals surface area contributed by atoms with Crippen molar-refractivity contribution in [3.8, 4) is 11.5 Å². The predicted octanol–water partition coefficient (Wildman–Crippen LogP) is 2.33. The van der Waals surface area contributed by atoms with Gasteiger partial charge in [-0.3, -0.25) is 4.79 Å². The molecule has 0 fully saturated rings. The van der Waals surface area contributed by atoms with Gasteiger partial charge in [0, 0.05) is 0 Å². The standard InChI is InChI=1S/C12H16O4/c1-3-15-10-6-4-5-7-11(10)16-9(2)8-12(13)14/h4-7,9H,3,8H2,1-2H3,(H,13,14). The molecular weight excluding hydrogens is 208 g/mol. The van der Waals surface area contributed by atoms with Crippen LogP contribution in [0.15, 0.2) is 24.3 Å². The molecule has 1 unspecified atom stereocenters. The quantitative estimate of drug-likeness (QED) is 0.805. The summed E-state index contributed by atoms with van der Waals surface area (Å²) in [6.45, 7) is 4.15. The van der Waals surface area contributed by atoms with Crippen LogP contribution in [0.2, 0.25) is 0 Å². The van der Waals surface area contributed by atoms with Crippen molar-refractivity contribution < 1.29 is 19.4 Å². The Morgan fingerprint density at radius 1 is 1.38 bits per heavy atom. The van der Waals surface area contributed by atoms with Gasteiger partial charge < -0.3 is 14.6 Å². The number of rotatable bonds is 6. The highest BCUT2D eigenvalue weighted by Gasteiger charge is 2.11. The smallest absolute Gasteiger partial charge is 0.307 e. The Kier molecular flexibility index (Phi) is 4.64. The van der Waals surface area contributed by atoms with Gasteiger partial charge in [0.05, 0.1) is 13.0 Å². The van der Waals surface area contributed by atoms with Crippen LogP contribution in [0.5, 0.6) is 11.5 Å². The Morgan fingerprint density at radius 2 is 2.00 bits per heavy atom. The minimum absolute atomic E-state index is 0.0273. The molecule has 0 aliphatic carbocycles. The van der Waals surface area contributed by atoms with Crippen molar-refractivity contribution in [2.45, 2.75) is 26.4 Å². The van der Waals surface area contributed by atoms with Gasteiger partial charge in [0.1, 0.15) is 6.10 Å². The van der Waals surface area contributed by atoms with Crippen LogP contribution in [0, 0.1) is 0 Å². The highest BCUT2D eigenvalue weighted by molar-refractivity contribution is 5.67. The van der Waals surface area contributed by atoms with Crippen molar-refractivity contribution >= 4 is 5.97 Å². The number of ether oxygens (including phenoxy) is 2. The van der Waals surface area contributed by atoms with Crippen molar-refractivity contribution in [1.29, 1.82) is 0 Å². The first-order valence-electron chi connectivity index (χ1n) is 5.23. The molecule has 0 aromatic heterocycles. The molecule has 0 bridgehead atoms. The second-order valence-electron chi connectivity index (χ2n) is 3.41. The molecule has 1 N–H and O–H groups in total. The number of hydrogen-bond acceptors (Lipinski definition) is 3. The number of carboxylic acid groups (broad SMARTS) is 1. The van der Waals surface area contributed by atoms with Crippen LogP contribution >= 0.6 is 0 Å². The summed E-state index contributed by atoms with van der Waals surface area (Å²) in [5, 5.41) is 8.62. The summed E-state index contributed by atoms with van der Waals surface area (Å²) in [5.41, 5.74) is 0. The normalized spacial score (nSPS) is 11.9. The van der Waals surface area contributed by atoms with Gasteiger partial charge in [0.2, 0.25) is 0 Å². The Labute approximate surface area is 94.8 Å². The van der Waals surface area contributed by atoms with Gasteiger partial charge in [-0.25, -0.2) is 0 Å². The molecule has 1 atom stereocenters. The van der Waals surface area contributed by atoms with E-state index >= 15 is 0 Å². The summed E-state index contributed by atoms with van der Waals surface area (Å²) in [5.74, 6) is 0.349. The van der Waals surface area contributed by atoms with Crippen molar-refractivity contribution in [2.24, 2.45) is 0 Å². The molecular formula is C12H16O4. The monoisotopic (exact) mass is 224 g/mol. The number of carboxylic acids is 1. The summed E-state index contributed by atoms with van der Waals surface area (Å²) in [6, 6.07) is 7.24. The lowest BCUT2D eigenvalue weighted by Gasteiger charge is -2.15. The lowest BCUT2D eigenvalue weighted by atomic mass is 10.2. The van der Waals surface area contributed by atoms with Crippen LogP contribution in [0.25, 0.3) is 0 Å². The topological polar surface area (TPSA) is 55.8 Å². The van der Waals surface area contributed by atoms with Gasteiger partial charge in [-0.05, 0) is 26.0 Å². The molecule has 0 saturated carbocycles. The summed E-state index contributed by atoms with van der Waals surface area (Å²) < 4.78 is 10.9. The third-order valence-electron chi connectivity index (χ3n) is 1.94. The third-order valence-corrected chi connectivity index (χ3v) is 1.94. The average molecular weight is 224 g/mol. The van der Waals surface area contributed by atoms with Gasteiger partial charge in [-0.15, -0.1) is 0 Å². The van der Waals surface area contributed by atoms with E-state index in [4.69, 9.17) is 14.6 Å². The van der Waals surface area contributed by atoms with Crippen LogP contribution in [0.1, 0.15) is 20.3 Å². The molecule has 0 radical (unpaired) electrons. The molecule has 0 aliphatic heterocycles. The first kappa shape index (κ1) is 12.4. The van der Waals surface area contributed by atoms with Gasteiger partial charge in [0.25, 0.3) is 0 Å². The highest BCUT2D eigenvalue weighted by atomic mass is 16.5. The third kappa shape index (κ3) is 3.81. The van der Waals surface area contributed by atoms with E-state index in [2.05, 4.69) is 0 Å². The maximum absolute atomic E-state index is 10.5. The van der Waals surface area contributed by atoms with Crippen molar-refractivity contribution in [1.82, 2.24) is 0 Å². The van der Waals surface area contributed by atoms with Gasteiger partial charge in [0.15, 0.2) is 11.5 Å². The second-order valence-corrected chi connectivity index (χ2v) is 3.41. The van der Waals surface area contributed by atoms with Crippen LogP contribution in [0.3, 0.4) is 0 Å². The molecule has 0 amide bonds. The molecule has 1 aromatic rings. The minimum Gasteiger partial charge on any atom is -0.490 e. The fourth-order valence-electron chi connectivity index (χ4n) is 1.33. The van der Waals surface area contributed by atoms with Gasteiger partial charge in [-0.2, -0.15) is 0 Å². The molecule has 0 saturated heterocycles. The molecule has 1 aromatic carbocycles. The van der Waals surface area contributed by atoms with E-state index in [9.17, 15) is 4.79 Å². The van der Waals surface area contributed by atoms with Crippen molar-refractivity contribution in [3.63, 3.8) is 0 Å². The number of hydrogen-bond donors (Lipinski definition) is 1. The Bertz CT molecular complexity index is 349. The number of benzene rings is 1. The fourth-order valence-corrected chi connectivity index (χ4v) is 1.33. The number of carbonyl (C=O) groups is 1. The molecule has 4 nitrogen and oxygen atoms in total. The first-order chi connectivity index (χ1) is 7.63. The van der Waals surface area contributed by atoms with Gasteiger partial charge in [-0.1, -0.05) is 12.1 Å². The number of para-hydroxylation sites is 2. The van der Waals surface area contributed by atoms with Crippen LogP contribution < -0.4 is 9.47 Å². The van der Waals surface area contributed by atoms with E-state index in [0.29, 0.717) is 18.1 Å². The van der Waals surface area contributed by atoms with E-state index < -0.39 is 5.97 Å². The SMILES string of the molecule is CCOc1ccccc1OC(C)CC(=O)O. The fraction of sp³-hybridized carbons (Fsp3) is 0.417. The zero-order valence-corrected chi connectivity index (χ0v) is 9.47. The summed E-state index contributed by atoms with van der Waals surface area (Å²) >= 11 is 0. The Morgan fingerprint density at radius 3 is 2.56 bits per heavy atom. The van der Waals surface area contributed by atoms with E-state index in [1.165, 1.54) is 0 Å². The van der Waals surface area contributed by atoms with E-state index in [1.54, 1.807) is 19.1 Å². The zero-order chi connectivity index (χ0) is 12.0. The Hall–Kier alpha value is -1.71. The molecule has 0 aliphatic rings. The molecule has 0 spiro atoms. The van der Waals surface area contributed by atoms with E-state index in [-0.39, 0.29) is 12.5 Å². The van der Waals surface area contributed by atoms with E-state index in [0.717, 1.165) is 0 Å². The lowest BCUT2D eigenvalue weighted by Crippen LogP contribution is -2.17. The van der Waals surface area contributed by atoms with Crippen LogP contribution in [-0.4, -0.2) is 23.8 Å². The summed E-state index contributed by atoms with van der Waals surface area (Å²) in [4.78, 5) is 10.5. The molecule has 1 rings (SSSR count). The average Bonchev–Trinajstić information content (AvgIpc) is 2.20. The van der Waals surface area contributed by atoms with Gasteiger partial charge >= 0.3 is 5.97 Å². The maximum Gasteiger partial charge on any atom is 0.307 e. The molecule has 16 heavy (non-hydrogen) atoms. The predicted molar refractivity (Wildman–Crippen MR) is 60.0 cm³/mol. The van der Waals surface area contributed by atoms with Crippen molar-refractivity contribution in [2.75, 3.05) is 6.61 Å². The highest BCUT2D eigenvalue weighted by Crippen LogP contribution is 2.27. The first-order valence-corrected chi connectivity index (χ1v) is 5.23. The second kappa shape index (κ2) is 6.00. The van der Waals surface area contributed by atoms with E-state index in [1.807, 2.05) is 19.1 Å². The maximum atomic E-state index is 10.5. The molecule has 0 heterocycles.